The second kappa shape index (κ2) is 7.64. The second-order valence-corrected chi connectivity index (χ2v) is 8.01. The number of hydrogen-bond donors (Lipinski definition) is 1. The number of esters is 1. The number of nitrogens with zero attached hydrogens (tertiary/aromatic N) is 4. The molecule has 7 nitrogen and oxygen atoms in total. The fourth-order valence-corrected chi connectivity index (χ4v) is 3.33. The van der Waals surface area contributed by atoms with Crippen molar-refractivity contribution in [3.05, 3.63) is 46.8 Å². The summed E-state index contributed by atoms with van der Waals surface area (Å²) < 4.78 is 7.89. The highest BCUT2D eigenvalue weighted by atomic mass is 79.9. The van der Waals surface area contributed by atoms with Gasteiger partial charge in [0, 0.05) is 13.5 Å². The molecular weight excluding hydrogens is 410 g/mol. The van der Waals surface area contributed by atoms with Crippen molar-refractivity contribution in [1.29, 1.82) is 0 Å². The molecule has 0 aliphatic rings. The van der Waals surface area contributed by atoms with Gasteiger partial charge in [0.1, 0.15) is 28.4 Å². The van der Waals surface area contributed by atoms with Gasteiger partial charge in [-0.3, -0.25) is 0 Å². The zero-order valence-electron chi connectivity index (χ0n) is 15.7. The highest BCUT2D eigenvalue weighted by Crippen LogP contribution is 2.28. The quantitative estimate of drug-likeness (QED) is 0.622. The van der Waals surface area contributed by atoms with Gasteiger partial charge in [-0.1, -0.05) is 30.3 Å². The first kappa shape index (κ1) is 19.3. The van der Waals surface area contributed by atoms with Crippen LogP contribution in [-0.4, -0.2) is 37.4 Å². The van der Waals surface area contributed by atoms with Crippen molar-refractivity contribution < 1.29 is 9.53 Å². The van der Waals surface area contributed by atoms with Crippen molar-refractivity contribution in [2.24, 2.45) is 7.05 Å². The number of ether oxygens (including phenoxy) is 1. The molecule has 1 N–H and O–H groups in total. The molecule has 0 aliphatic carbocycles. The number of aromatic nitrogens is 4. The maximum Gasteiger partial charge on any atom is 0.329 e. The predicted octanol–water partition coefficient (Wildman–Crippen LogP) is 3.49. The maximum absolute atomic E-state index is 12.8. The van der Waals surface area contributed by atoms with E-state index < -0.39 is 11.6 Å². The van der Waals surface area contributed by atoms with Crippen LogP contribution in [0.1, 0.15) is 26.3 Å². The molecular formula is C19H22BrN5O2. The highest BCUT2D eigenvalue weighted by Gasteiger charge is 2.27. The molecule has 0 unspecified atom stereocenters. The van der Waals surface area contributed by atoms with E-state index in [1.807, 2.05) is 51.1 Å². The van der Waals surface area contributed by atoms with Gasteiger partial charge in [-0.05, 0) is 42.3 Å². The summed E-state index contributed by atoms with van der Waals surface area (Å²) in [5.41, 5.74) is 1.11. The Morgan fingerprint density at radius 2 is 1.96 bits per heavy atom. The summed E-state index contributed by atoms with van der Waals surface area (Å²) in [5.74, 6) is 0.199. The third kappa shape index (κ3) is 4.63. The number of carbonyl (C=O) groups excluding carboxylic acids is 1. The number of hydrogen-bond acceptors (Lipinski definition) is 6. The summed E-state index contributed by atoms with van der Waals surface area (Å²) in [6.45, 7) is 5.56. The Morgan fingerprint density at radius 1 is 1.26 bits per heavy atom. The van der Waals surface area contributed by atoms with E-state index in [1.165, 1.54) is 6.33 Å². The molecule has 27 heavy (non-hydrogen) atoms. The number of rotatable bonds is 5. The molecule has 0 aliphatic heterocycles. The van der Waals surface area contributed by atoms with E-state index in [9.17, 15) is 4.79 Å². The SMILES string of the molecule is Cn1nc(Br)c2c(N[C@H](Cc3ccccc3)C(=O)OC(C)(C)C)ncnc21. The zero-order chi connectivity index (χ0) is 19.6. The summed E-state index contributed by atoms with van der Waals surface area (Å²) in [7, 11) is 1.80. The van der Waals surface area contributed by atoms with Gasteiger partial charge in [0.25, 0.3) is 0 Å². The predicted molar refractivity (Wildman–Crippen MR) is 107 cm³/mol. The summed E-state index contributed by atoms with van der Waals surface area (Å²) in [6, 6.07) is 9.20. The highest BCUT2D eigenvalue weighted by molar-refractivity contribution is 9.10. The third-order valence-corrected chi connectivity index (χ3v) is 4.42. The van der Waals surface area contributed by atoms with Gasteiger partial charge >= 0.3 is 5.97 Å². The fourth-order valence-electron chi connectivity index (χ4n) is 2.73. The van der Waals surface area contributed by atoms with Crippen molar-refractivity contribution >= 4 is 38.8 Å². The smallest absolute Gasteiger partial charge is 0.329 e. The van der Waals surface area contributed by atoms with Crippen LogP contribution in [0.3, 0.4) is 0 Å². The number of anilines is 1. The number of halogens is 1. The minimum absolute atomic E-state index is 0.335. The maximum atomic E-state index is 12.8. The lowest BCUT2D eigenvalue weighted by atomic mass is 10.1. The van der Waals surface area contributed by atoms with Gasteiger partial charge < -0.3 is 10.1 Å². The van der Waals surface area contributed by atoms with Gasteiger partial charge in [0.2, 0.25) is 0 Å². The van der Waals surface area contributed by atoms with E-state index in [1.54, 1.807) is 11.7 Å². The van der Waals surface area contributed by atoms with Crippen LogP contribution >= 0.6 is 15.9 Å². The normalized spacial score (nSPS) is 12.8. The Kier molecular flexibility index (Phi) is 5.46. The van der Waals surface area contributed by atoms with Crippen molar-refractivity contribution in [3.8, 4) is 0 Å². The first-order valence-corrected chi connectivity index (χ1v) is 9.40. The van der Waals surface area contributed by atoms with Gasteiger partial charge in [-0.25, -0.2) is 19.4 Å². The molecule has 0 fully saturated rings. The average Bonchev–Trinajstić information content (AvgIpc) is 2.89. The third-order valence-electron chi connectivity index (χ3n) is 3.86. The molecule has 8 heteroatoms. The van der Waals surface area contributed by atoms with Crippen LogP contribution < -0.4 is 5.32 Å². The average molecular weight is 432 g/mol. The molecule has 142 valence electrons. The lowest BCUT2D eigenvalue weighted by molar-refractivity contribution is -0.155. The number of fused-ring (bicyclic) bond motifs is 1. The van der Waals surface area contributed by atoms with E-state index in [0.29, 0.717) is 22.5 Å². The first-order chi connectivity index (χ1) is 12.7. The fraction of sp³-hybridized carbons (Fsp3) is 0.368. The van der Waals surface area contributed by atoms with E-state index in [4.69, 9.17) is 4.74 Å². The molecule has 2 heterocycles. The Bertz CT molecular complexity index is 950. The second-order valence-electron chi connectivity index (χ2n) is 7.26. The van der Waals surface area contributed by atoms with Crippen LogP contribution in [-0.2, 0) is 23.0 Å². The van der Waals surface area contributed by atoms with Crippen molar-refractivity contribution in [1.82, 2.24) is 19.7 Å². The largest absolute Gasteiger partial charge is 0.458 e. The molecule has 0 saturated heterocycles. The lowest BCUT2D eigenvalue weighted by Gasteiger charge is -2.25. The molecule has 3 aromatic rings. The van der Waals surface area contributed by atoms with Crippen LogP contribution in [0, 0.1) is 0 Å². The number of nitrogens with one attached hydrogen (secondary N) is 1. The molecule has 2 aromatic heterocycles. The Balaban J connectivity index is 1.95. The van der Waals surface area contributed by atoms with Gasteiger partial charge in [-0.15, -0.1) is 0 Å². The summed E-state index contributed by atoms with van der Waals surface area (Å²) in [4.78, 5) is 21.4. The van der Waals surface area contributed by atoms with Crippen LogP contribution in [0.5, 0.6) is 0 Å². The molecule has 0 saturated carbocycles. The van der Waals surface area contributed by atoms with Crippen LogP contribution in [0.25, 0.3) is 11.0 Å². The number of carbonyl (C=O) groups is 1. The first-order valence-electron chi connectivity index (χ1n) is 8.61. The van der Waals surface area contributed by atoms with Crippen LogP contribution in [0.15, 0.2) is 41.3 Å². The van der Waals surface area contributed by atoms with Crippen LogP contribution in [0.4, 0.5) is 5.82 Å². The number of aryl methyl sites for hydroxylation is 1. The minimum Gasteiger partial charge on any atom is -0.458 e. The molecule has 0 amide bonds. The minimum atomic E-state index is -0.600. The molecule has 1 aromatic carbocycles. The van der Waals surface area contributed by atoms with Gasteiger partial charge in [0.15, 0.2) is 5.65 Å². The van der Waals surface area contributed by atoms with E-state index >= 15 is 0 Å². The molecule has 1 atom stereocenters. The lowest BCUT2D eigenvalue weighted by Crippen LogP contribution is -2.38. The Morgan fingerprint density at radius 3 is 2.63 bits per heavy atom. The van der Waals surface area contributed by atoms with Crippen LogP contribution in [0.2, 0.25) is 0 Å². The Hall–Kier alpha value is -2.48. The van der Waals surface area contributed by atoms with E-state index in [2.05, 4.69) is 36.3 Å². The Labute approximate surface area is 166 Å². The summed E-state index contributed by atoms with van der Waals surface area (Å²) >= 11 is 3.44. The monoisotopic (exact) mass is 431 g/mol. The topological polar surface area (TPSA) is 81.9 Å². The molecule has 0 spiro atoms. The zero-order valence-corrected chi connectivity index (χ0v) is 17.3. The van der Waals surface area contributed by atoms with Crippen molar-refractivity contribution in [2.75, 3.05) is 5.32 Å². The van der Waals surface area contributed by atoms with E-state index in [0.717, 1.165) is 10.9 Å². The van der Waals surface area contributed by atoms with Crippen molar-refractivity contribution in [2.45, 2.75) is 38.8 Å². The summed E-state index contributed by atoms with van der Waals surface area (Å²) in [6.07, 6.45) is 1.92. The van der Waals surface area contributed by atoms with Gasteiger partial charge in [-0.2, -0.15) is 5.10 Å². The van der Waals surface area contributed by atoms with Crippen molar-refractivity contribution in [3.63, 3.8) is 0 Å². The number of benzene rings is 1. The standard InChI is InChI=1S/C19H22BrN5O2/c1-19(2,3)27-18(26)13(10-12-8-6-5-7-9-12)23-16-14-15(20)24-25(4)17(14)22-11-21-16/h5-9,11,13H,10H2,1-4H3,(H,21,22,23)/t13-/m1/s1. The molecule has 0 bridgehead atoms. The molecule has 3 rings (SSSR count). The summed E-state index contributed by atoms with van der Waals surface area (Å²) in [5, 5.41) is 8.28. The molecule has 0 radical (unpaired) electrons. The van der Waals surface area contributed by atoms with Gasteiger partial charge in [0.05, 0.1) is 5.39 Å². The van der Waals surface area contributed by atoms with E-state index in [-0.39, 0.29) is 5.97 Å².